The van der Waals surface area contributed by atoms with Crippen molar-refractivity contribution in [3.05, 3.63) is 0 Å². The fourth-order valence-corrected chi connectivity index (χ4v) is 3.55. The Hall–Kier alpha value is -1.10. The van der Waals surface area contributed by atoms with Gasteiger partial charge in [0.05, 0.1) is 18.8 Å². The van der Waals surface area contributed by atoms with Crippen molar-refractivity contribution in [3.63, 3.8) is 0 Å². The summed E-state index contributed by atoms with van der Waals surface area (Å²) in [6.45, 7) is 3.77. The highest BCUT2D eigenvalue weighted by molar-refractivity contribution is 5.96. The van der Waals surface area contributed by atoms with Gasteiger partial charge in [-0.05, 0) is 57.8 Å². The molecule has 2 atom stereocenters. The van der Waals surface area contributed by atoms with Gasteiger partial charge in [0, 0.05) is 0 Å². The van der Waals surface area contributed by atoms with Gasteiger partial charge in [-0.3, -0.25) is 9.59 Å². The molecule has 0 heterocycles. The first-order valence-electron chi connectivity index (χ1n) is 8.07. The molecule has 0 amide bonds. The molecule has 5 nitrogen and oxygen atoms in total. The van der Waals surface area contributed by atoms with Crippen LogP contribution in [-0.2, 0) is 19.1 Å². The van der Waals surface area contributed by atoms with Crippen molar-refractivity contribution in [1.82, 2.24) is 0 Å². The molecule has 0 aromatic rings. The molecule has 2 aliphatic rings. The van der Waals surface area contributed by atoms with Crippen LogP contribution in [0.15, 0.2) is 0 Å². The van der Waals surface area contributed by atoms with Gasteiger partial charge in [0.1, 0.15) is 0 Å². The van der Waals surface area contributed by atoms with E-state index in [0.717, 1.165) is 12.8 Å². The minimum atomic E-state index is -1.32. The van der Waals surface area contributed by atoms with Crippen LogP contribution in [0.1, 0.15) is 52.4 Å². The fourth-order valence-electron chi connectivity index (χ4n) is 3.55. The van der Waals surface area contributed by atoms with Crippen LogP contribution in [0.25, 0.3) is 0 Å². The van der Waals surface area contributed by atoms with Gasteiger partial charge in [0.25, 0.3) is 0 Å². The van der Waals surface area contributed by atoms with E-state index in [-0.39, 0.29) is 13.2 Å². The third-order valence-corrected chi connectivity index (χ3v) is 4.67. The summed E-state index contributed by atoms with van der Waals surface area (Å²) in [4.78, 5) is 24.3. The number of ether oxygens (including phenoxy) is 2. The molecule has 21 heavy (non-hydrogen) atoms. The SMILES string of the molecule is CCOC(=O)C(C(=O)OCC)C1(O)CCCC(C2CC2)C1. The highest BCUT2D eigenvalue weighted by Crippen LogP contribution is 2.48. The van der Waals surface area contributed by atoms with E-state index in [1.54, 1.807) is 13.8 Å². The normalized spacial score (nSPS) is 29.2. The van der Waals surface area contributed by atoms with Gasteiger partial charge < -0.3 is 14.6 Å². The third-order valence-electron chi connectivity index (χ3n) is 4.67. The molecule has 0 aromatic heterocycles. The predicted octanol–water partition coefficient (Wildman–Crippen LogP) is 2.06. The van der Waals surface area contributed by atoms with Gasteiger partial charge in [-0.15, -0.1) is 0 Å². The molecule has 2 unspecified atom stereocenters. The highest BCUT2D eigenvalue weighted by atomic mass is 16.6. The van der Waals surface area contributed by atoms with Crippen molar-refractivity contribution >= 4 is 11.9 Å². The maximum absolute atomic E-state index is 12.2. The summed E-state index contributed by atoms with van der Waals surface area (Å²) >= 11 is 0. The van der Waals surface area contributed by atoms with E-state index in [2.05, 4.69) is 0 Å². The zero-order valence-electron chi connectivity index (χ0n) is 13.0. The van der Waals surface area contributed by atoms with E-state index in [9.17, 15) is 14.7 Å². The van der Waals surface area contributed by atoms with Gasteiger partial charge in [0.2, 0.25) is 0 Å². The Morgan fingerprint density at radius 2 is 1.67 bits per heavy atom. The fraction of sp³-hybridized carbons (Fsp3) is 0.875. The van der Waals surface area contributed by atoms with E-state index in [1.807, 2.05) is 0 Å². The lowest BCUT2D eigenvalue weighted by atomic mass is 9.70. The molecule has 0 radical (unpaired) electrons. The second kappa shape index (κ2) is 6.77. The summed E-state index contributed by atoms with van der Waals surface area (Å²) in [7, 11) is 0. The van der Waals surface area contributed by atoms with Gasteiger partial charge in [0.15, 0.2) is 5.92 Å². The lowest BCUT2D eigenvalue weighted by Crippen LogP contribution is -2.51. The molecular formula is C16H26O5. The van der Waals surface area contributed by atoms with Crippen molar-refractivity contribution in [2.24, 2.45) is 17.8 Å². The summed E-state index contributed by atoms with van der Waals surface area (Å²) in [5.74, 6) is -1.46. The van der Waals surface area contributed by atoms with Crippen molar-refractivity contribution in [2.75, 3.05) is 13.2 Å². The van der Waals surface area contributed by atoms with E-state index >= 15 is 0 Å². The Morgan fingerprint density at radius 1 is 1.10 bits per heavy atom. The van der Waals surface area contributed by atoms with Crippen molar-refractivity contribution < 1.29 is 24.2 Å². The quantitative estimate of drug-likeness (QED) is 0.600. The average molecular weight is 298 g/mol. The van der Waals surface area contributed by atoms with Crippen molar-refractivity contribution in [3.8, 4) is 0 Å². The van der Waals surface area contributed by atoms with Crippen molar-refractivity contribution in [1.29, 1.82) is 0 Å². The molecule has 2 aliphatic carbocycles. The van der Waals surface area contributed by atoms with E-state index in [1.165, 1.54) is 12.8 Å². The van der Waals surface area contributed by atoms with Gasteiger partial charge in [-0.2, -0.15) is 0 Å². The Bertz CT molecular complexity index is 372. The van der Waals surface area contributed by atoms with Gasteiger partial charge in [-0.1, -0.05) is 6.42 Å². The average Bonchev–Trinajstić information content (AvgIpc) is 3.23. The van der Waals surface area contributed by atoms with Crippen LogP contribution in [0.4, 0.5) is 0 Å². The Morgan fingerprint density at radius 3 is 2.14 bits per heavy atom. The third kappa shape index (κ3) is 3.76. The molecular weight excluding hydrogens is 272 g/mol. The molecule has 5 heteroatoms. The van der Waals surface area contributed by atoms with Gasteiger partial charge in [-0.25, -0.2) is 0 Å². The minimum Gasteiger partial charge on any atom is -0.465 e. The summed E-state index contributed by atoms with van der Waals surface area (Å²) in [5, 5.41) is 11.0. The first-order valence-corrected chi connectivity index (χ1v) is 8.07. The molecule has 2 fully saturated rings. The summed E-state index contributed by atoms with van der Waals surface area (Å²) < 4.78 is 10.0. The Labute approximate surface area is 126 Å². The standard InChI is InChI=1S/C16H26O5/c1-3-20-14(17)13(15(18)21-4-2)16(19)9-5-6-12(10-16)11-7-8-11/h11-13,19H,3-10H2,1-2H3. The molecule has 0 aromatic carbocycles. The van der Waals surface area contributed by atoms with Crippen LogP contribution in [0.2, 0.25) is 0 Å². The first kappa shape index (κ1) is 16.3. The van der Waals surface area contributed by atoms with E-state index < -0.39 is 23.5 Å². The second-order valence-electron chi connectivity index (χ2n) is 6.23. The van der Waals surface area contributed by atoms with Crippen LogP contribution in [0, 0.1) is 17.8 Å². The molecule has 0 spiro atoms. The van der Waals surface area contributed by atoms with Gasteiger partial charge >= 0.3 is 11.9 Å². The molecule has 120 valence electrons. The topological polar surface area (TPSA) is 72.8 Å². The Kier molecular flexibility index (Phi) is 5.25. The smallest absolute Gasteiger partial charge is 0.323 e. The molecule has 0 saturated heterocycles. The van der Waals surface area contributed by atoms with E-state index in [0.29, 0.717) is 24.7 Å². The molecule has 2 rings (SSSR count). The zero-order valence-corrected chi connectivity index (χ0v) is 13.0. The van der Waals surface area contributed by atoms with Crippen molar-refractivity contribution in [2.45, 2.75) is 58.0 Å². The number of carbonyl (C=O) groups excluding carboxylic acids is 2. The highest BCUT2D eigenvalue weighted by Gasteiger charge is 2.52. The number of hydrogen-bond acceptors (Lipinski definition) is 5. The second-order valence-corrected chi connectivity index (χ2v) is 6.23. The summed E-state index contributed by atoms with van der Waals surface area (Å²) in [6, 6.07) is 0. The van der Waals surface area contributed by atoms with Crippen LogP contribution in [-0.4, -0.2) is 35.9 Å². The van der Waals surface area contributed by atoms with Crippen LogP contribution >= 0.6 is 0 Å². The Balaban J connectivity index is 2.16. The maximum atomic E-state index is 12.2. The summed E-state index contributed by atoms with van der Waals surface area (Å²) in [5.41, 5.74) is -1.32. The van der Waals surface area contributed by atoms with Crippen LogP contribution in [0.5, 0.6) is 0 Å². The first-order chi connectivity index (χ1) is 10.0. The lowest BCUT2D eigenvalue weighted by molar-refractivity contribution is -0.179. The van der Waals surface area contributed by atoms with Crippen LogP contribution < -0.4 is 0 Å². The van der Waals surface area contributed by atoms with E-state index in [4.69, 9.17) is 9.47 Å². The molecule has 0 aliphatic heterocycles. The lowest BCUT2D eigenvalue weighted by Gasteiger charge is -2.40. The minimum absolute atomic E-state index is 0.191. The number of carbonyl (C=O) groups is 2. The largest absolute Gasteiger partial charge is 0.465 e. The number of rotatable bonds is 6. The summed E-state index contributed by atoms with van der Waals surface area (Å²) in [6.07, 6.45) is 5.27. The molecule has 1 N–H and O–H groups in total. The maximum Gasteiger partial charge on any atom is 0.323 e. The van der Waals surface area contributed by atoms with Crippen LogP contribution in [0.3, 0.4) is 0 Å². The number of esters is 2. The number of hydrogen-bond donors (Lipinski definition) is 1. The zero-order chi connectivity index (χ0) is 15.5. The monoisotopic (exact) mass is 298 g/mol. The molecule has 2 saturated carbocycles. The predicted molar refractivity (Wildman–Crippen MR) is 76.4 cm³/mol. The molecule has 0 bridgehead atoms. The number of aliphatic hydroxyl groups is 1.